The molecule has 0 radical (unpaired) electrons. The lowest BCUT2D eigenvalue weighted by molar-refractivity contribution is 0.0952. The van der Waals surface area contributed by atoms with Crippen molar-refractivity contribution in [1.29, 1.82) is 0 Å². The van der Waals surface area contributed by atoms with Crippen LogP contribution in [0.25, 0.3) is 33.1 Å². The van der Waals surface area contributed by atoms with Gasteiger partial charge in [0.15, 0.2) is 5.65 Å². The predicted octanol–water partition coefficient (Wildman–Crippen LogP) is 5.23. The van der Waals surface area contributed by atoms with E-state index in [-0.39, 0.29) is 5.91 Å². The highest BCUT2D eigenvalue weighted by molar-refractivity contribution is 6.06. The standard InChI is InChI=1S/C29H23N5O3/c1-36-23-9-8-20-12-19(6-7-21(20)13-23)15-31-29(35)25-14-27(22-4-2-10-30-16-22)33-28-26(25)17-32-34(28)18-24-5-3-11-37-24/h2-14,16-17H,15,18H2,1H3,(H,31,35). The number of methoxy groups -OCH3 is 1. The fraction of sp³-hybridized carbons (Fsp3) is 0.103. The molecule has 1 N–H and O–H groups in total. The summed E-state index contributed by atoms with van der Waals surface area (Å²) in [6.07, 6.45) is 6.73. The van der Waals surface area contributed by atoms with Gasteiger partial charge in [0.25, 0.3) is 5.91 Å². The SMILES string of the molecule is COc1ccc2cc(CNC(=O)c3cc(-c4cccnc4)nc4c3cnn4Cc3ccco3)ccc2c1. The third kappa shape index (κ3) is 4.52. The molecule has 6 rings (SSSR count). The molecule has 0 unspecified atom stereocenters. The fourth-order valence-corrected chi connectivity index (χ4v) is 4.35. The lowest BCUT2D eigenvalue weighted by atomic mass is 10.1. The van der Waals surface area contributed by atoms with E-state index < -0.39 is 0 Å². The highest BCUT2D eigenvalue weighted by atomic mass is 16.5. The number of hydrogen-bond acceptors (Lipinski definition) is 6. The minimum atomic E-state index is -0.204. The Labute approximate surface area is 212 Å². The van der Waals surface area contributed by atoms with E-state index in [1.165, 1.54) is 0 Å². The summed E-state index contributed by atoms with van der Waals surface area (Å²) in [5, 5.41) is 10.4. The van der Waals surface area contributed by atoms with Gasteiger partial charge in [-0.3, -0.25) is 9.78 Å². The van der Waals surface area contributed by atoms with Crippen molar-refractivity contribution in [3.8, 4) is 17.0 Å². The molecule has 4 aromatic heterocycles. The number of carbonyl (C=O) groups excluding carboxylic acids is 1. The number of carbonyl (C=O) groups is 1. The molecule has 2 aromatic carbocycles. The number of benzene rings is 2. The van der Waals surface area contributed by atoms with Crippen LogP contribution in [0.5, 0.6) is 5.75 Å². The van der Waals surface area contributed by atoms with Gasteiger partial charge in [-0.25, -0.2) is 9.67 Å². The maximum Gasteiger partial charge on any atom is 0.252 e. The zero-order valence-corrected chi connectivity index (χ0v) is 20.1. The molecule has 0 bridgehead atoms. The molecule has 0 aliphatic rings. The van der Waals surface area contributed by atoms with E-state index in [2.05, 4.69) is 21.5 Å². The molecule has 182 valence electrons. The summed E-state index contributed by atoms with van der Waals surface area (Å²) >= 11 is 0. The summed E-state index contributed by atoms with van der Waals surface area (Å²) in [5.41, 5.74) is 3.56. The highest BCUT2D eigenvalue weighted by Gasteiger charge is 2.18. The van der Waals surface area contributed by atoms with Crippen LogP contribution >= 0.6 is 0 Å². The van der Waals surface area contributed by atoms with E-state index in [1.807, 2.05) is 54.6 Å². The van der Waals surface area contributed by atoms with Crippen LogP contribution in [0.15, 0.2) is 96.0 Å². The van der Waals surface area contributed by atoms with Gasteiger partial charge in [0, 0.05) is 24.5 Å². The number of ether oxygens (including phenoxy) is 1. The van der Waals surface area contributed by atoms with Gasteiger partial charge in [-0.1, -0.05) is 18.2 Å². The first-order chi connectivity index (χ1) is 18.2. The fourth-order valence-electron chi connectivity index (χ4n) is 4.35. The quantitative estimate of drug-likeness (QED) is 0.330. The van der Waals surface area contributed by atoms with Crippen molar-refractivity contribution in [1.82, 2.24) is 25.1 Å². The van der Waals surface area contributed by atoms with Crippen molar-refractivity contribution in [3.63, 3.8) is 0 Å². The molecule has 0 saturated carbocycles. The highest BCUT2D eigenvalue weighted by Crippen LogP contribution is 2.26. The first kappa shape index (κ1) is 22.5. The predicted molar refractivity (Wildman–Crippen MR) is 140 cm³/mol. The summed E-state index contributed by atoms with van der Waals surface area (Å²) in [6, 6.07) is 21.3. The average Bonchev–Trinajstić information content (AvgIpc) is 3.61. The first-order valence-corrected chi connectivity index (χ1v) is 11.8. The third-order valence-electron chi connectivity index (χ3n) is 6.26. The van der Waals surface area contributed by atoms with E-state index in [0.29, 0.717) is 35.4 Å². The first-order valence-electron chi connectivity index (χ1n) is 11.8. The second kappa shape index (κ2) is 9.58. The Morgan fingerprint density at radius 3 is 2.73 bits per heavy atom. The summed E-state index contributed by atoms with van der Waals surface area (Å²) in [6.45, 7) is 0.788. The van der Waals surface area contributed by atoms with Gasteiger partial charge in [0.05, 0.1) is 36.2 Å². The van der Waals surface area contributed by atoms with Crippen molar-refractivity contribution in [2.75, 3.05) is 7.11 Å². The number of nitrogens with one attached hydrogen (secondary N) is 1. The van der Waals surface area contributed by atoms with Crippen LogP contribution in [-0.4, -0.2) is 32.8 Å². The molecule has 0 saturated heterocycles. The van der Waals surface area contributed by atoms with E-state index in [9.17, 15) is 4.79 Å². The number of aromatic nitrogens is 4. The lowest BCUT2D eigenvalue weighted by Crippen LogP contribution is -2.23. The number of nitrogens with zero attached hydrogens (tertiary/aromatic N) is 4. The van der Waals surface area contributed by atoms with Gasteiger partial charge in [-0.15, -0.1) is 0 Å². The molecule has 0 fully saturated rings. The van der Waals surface area contributed by atoms with Gasteiger partial charge in [0.2, 0.25) is 0 Å². The van der Waals surface area contributed by atoms with Crippen LogP contribution in [0, 0.1) is 0 Å². The van der Waals surface area contributed by atoms with Gasteiger partial charge < -0.3 is 14.5 Å². The molecule has 6 aromatic rings. The average molecular weight is 490 g/mol. The summed E-state index contributed by atoms with van der Waals surface area (Å²) in [7, 11) is 1.65. The molecule has 0 aliphatic carbocycles. The van der Waals surface area contributed by atoms with E-state index in [1.54, 1.807) is 42.7 Å². The van der Waals surface area contributed by atoms with Crippen molar-refractivity contribution < 1.29 is 13.9 Å². The number of hydrogen-bond donors (Lipinski definition) is 1. The van der Waals surface area contributed by atoms with Crippen LogP contribution in [-0.2, 0) is 13.1 Å². The third-order valence-corrected chi connectivity index (χ3v) is 6.26. The summed E-state index contributed by atoms with van der Waals surface area (Å²) in [5.74, 6) is 1.36. The molecular formula is C29H23N5O3. The van der Waals surface area contributed by atoms with E-state index >= 15 is 0 Å². The molecular weight excluding hydrogens is 466 g/mol. The second-order valence-corrected chi connectivity index (χ2v) is 8.65. The monoisotopic (exact) mass is 489 g/mol. The maximum atomic E-state index is 13.5. The second-order valence-electron chi connectivity index (χ2n) is 8.65. The van der Waals surface area contributed by atoms with Crippen molar-refractivity contribution in [2.45, 2.75) is 13.1 Å². The number of rotatable bonds is 7. The Morgan fingerprint density at radius 1 is 1.03 bits per heavy atom. The molecule has 4 heterocycles. The zero-order chi connectivity index (χ0) is 25.2. The largest absolute Gasteiger partial charge is 0.497 e. The molecule has 1 amide bonds. The summed E-state index contributed by atoms with van der Waals surface area (Å²) in [4.78, 5) is 22.5. The van der Waals surface area contributed by atoms with Gasteiger partial charge >= 0.3 is 0 Å². The normalized spacial score (nSPS) is 11.2. The van der Waals surface area contributed by atoms with Gasteiger partial charge in [-0.2, -0.15) is 5.10 Å². The Bertz CT molecular complexity index is 1710. The minimum Gasteiger partial charge on any atom is -0.497 e. The molecule has 0 spiro atoms. The molecule has 37 heavy (non-hydrogen) atoms. The van der Waals surface area contributed by atoms with Crippen molar-refractivity contribution >= 4 is 27.7 Å². The van der Waals surface area contributed by atoms with Crippen LogP contribution in [0.3, 0.4) is 0 Å². The van der Waals surface area contributed by atoms with E-state index in [0.717, 1.165) is 33.4 Å². The number of furan rings is 1. The van der Waals surface area contributed by atoms with E-state index in [4.69, 9.17) is 14.1 Å². The van der Waals surface area contributed by atoms with Crippen LogP contribution in [0.1, 0.15) is 21.7 Å². The Morgan fingerprint density at radius 2 is 1.92 bits per heavy atom. The zero-order valence-electron chi connectivity index (χ0n) is 20.1. The van der Waals surface area contributed by atoms with Gasteiger partial charge in [-0.05, 0) is 64.9 Å². The molecule has 8 heteroatoms. The van der Waals surface area contributed by atoms with Crippen LogP contribution < -0.4 is 10.1 Å². The topological polar surface area (TPSA) is 95.1 Å². The smallest absolute Gasteiger partial charge is 0.252 e. The van der Waals surface area contributed by atoms with Crippen LogP contribution in [0.2, 0.25) is 0 Å². The Kier molecular flexibility index (Phi) is 5.82. The molecule has 0 atom stereocenters. The summed E-state index contributed by atoms with van der Waals surface area (Å²) < 4.78 is 12.5. The van der Waals surface area contributed by atoms with Crippen molar-refractivity contribution in [3.05, 3.63) is 108 Å². The van der Waals surface area contributed by atoms with Crippen LogP contribution in [0.4, 0.5) is 0 Å². The Balaban J connectivity index is 1.33. The Hall–Kier alpha value is -4.98. The minimum absolute atomic E-state index is 0.204. The molecule has 0 aliphatic heterocycles. The lowest BCUT2D eigenvalue weighted by Gasteiger charge is -2.10. The van der Waals surface area contributed by atoms with Gasteiger partial charge in [0.1, 0.15) is 18.1 Å². The number of amides is 1. The number of pyridine rings is 2. The van der Waals surface area contributed by atoms with Crippen molar-refractivity contribution in [2.24, 2.45) is 0 Å². The number of fused-ring (bicyclic) bond motifs is 2. The molecule has 8 nitrogen and oxygen atoms in total. The maximum absolute atomic E-state index is 13.5.